The van der Waals surface area contributed by atoms with Crippen LogP contribution in [0.25, 0.3) is 0 Å². The van der Waals surface area contributed by atoms with Gasteiger partial charge in [-0.2, -0.15) is 0 Å². The van der Waals surface area contributed by atoms with E-state index in [1.54, 1.807) is 6.20 Å². The number of aromatic nitrogens is 1. The van der Waals surface area contributed by atoms with Gasteiger partial charge >= 0.3 is 6.09 Å². The average Bonchev–Trinajstić information content (AvgIpc) is 3.19. The fraction of sp³-hybridized carbons (Fsp3) is 0.696. The van der Waals surface area contributed by atoms with E-state index in [-0.39, 0.29) is 18.5 Å². The van der Waals surface area contributed by atoms with Crippen LogP contribution in [0, 0.1) is 5.92 Å². The minimum absolute atomic E-state index is 0.00695. The molecule has 1 aliphatic carbocycles. The highest BCUT2D eigenvalue weighted by atomic mass is 16.6. The molecule has 0 aromatic carbocycles. The summed E-state index contributed by atoms with van der Waals surface area (Å²) < 4.78 is 5.00. The van der Waals surface area contributed by atoms with E-state index in [9.17, 15) is 9.59 Å². The second kappa shape index (κ2) is 10.2. The van der Waals surface area contributed by atoms with Gasteiger partial charge in [-0.1, -0.05) is 25.3 Å². The quantitative estimate of drug-likeness (QED) is 0.686. The van der Waals surface area contributed by atoms with Gasteiger partial charge in [-0.25, -0.2) is 4.79 Å². The molecule has 7 nitrogen and oxygen atoms in total. The van der Waals surface area contributed by atoms with Gasteiger partial charge in [0.25, 0.3) is 0 Å². The molecule has 2 saturated heterocycles. The molecule has 3 aliphatic rings. The monoisotopic (exact) mass is 414 g/mol. The lowest BCUT2D eigenvalue weighted by molar-refractivity contribution is -0.133. The number of likely N-dealkylation sites (tertiary alicyclic amines) is 1. The lowest BCUT2D eigenvalue weighted by Gasteiger charge is -2.41. The summed E-state index contributed by atoms with van der Waals surface area (Å²) in [6.45, 7) is 4.50. The van der Waals surface area contributed by atoms with E-state index in [1.165, 1.54) is 50.0 Å². The second-order valence-corrected chi connectivity index (χ2v) is 8.97. The van der Waals surface area contributed by atoms with Gasteiger partial charge < -0.3 is 14.5 Å². The average molecular weight is 415 g/mol. The molecule has 0 N–H and O–H groups in total. The van der Waals surface area contributed by atoms with Gasteiger partial charge in [-0.3, -0.25) is 14.7 Å². The third-order valence-electron chi connectivity index (χ3n) is 6.74. The predicted molar refractivity (Wildman–Crippen MR) is 114 cm³/mol. The molecule has 2 aliphatic heterocycles. The molecule has 3 fully saturated rings. The first-order valence-corrected chi connectivity index (χ1v) is 11.5. The largest absolute Gasteiger partial charge is 0.448 e. The molecular formula is C23H34N4O3. The Morgan fingerprint density at radius 2 is 2.03 bits per heavy atom. The van der Waals surface area contributed by atoms with Crippen molar-refractivity contribution in [3.05, 3.63) is 30.1 Å². The first-order chi connectivity index (χ1) is 14.7. The van der Waals surface area contributed by atoms with E-state index in [0.717, 1.165) is 31.1 Å². The van der Waals surface area contributed by atoms with E-state index >= 15 is 0 Å². The number of carbonyl (C=O) groups is 2. The molecule has 7 heteroatoms. The summed E-state index contributed by atoms with van der Waals surface area (Å²) in [7, 11) is 0. The summed E-state index contributed by atoms with van der Waals surface area (Å²) >= 11 is 0. The van der Waals surface area contributed by atoms with E-state index < -0.39 is 0 Å². The third kappa shape index (κ3) is 5.50. The minimum atomic E-state index is -0.384. The summed E-state index contributed by atoms with van der Waals surface area (Å²) in [5, 5.41) is 0. The molecule has 2 amide bonds. The zero-order chi connectivity index (χ0) is 20.8. The van der Waals surface area contributed by atoms with E-state index in [1.807, 2.05) is 23.2 Å². The Morgan fingerprint density at radius 1 is 1.17 bits per heavy atom. The van der Waals surface area contributed by atoms with E-state index in [0.29, 0.717) is 25.6 Å². The van der Waals surface area contributed by atoms with Crippen molar-refractivity contribution >= 4 is 12.0 Å². The van der Waals surface area contributed by atoms with Crippen LogP contribution in [-0.4, -0.2) is 77.1 Å². The smallest absolute Gasteiger partial charge is 0.410 e. The molecular weight excluding hydrogens is 380 g/mol. The molecule has 1 atom stereocenters. The number of amides is 2. The van der Waals surface area contributed by atoms with Crippen LogP contribution in [0.2, 0.25) is 0 Å². The molecule has 0 spiro atoms. The van der Waals surface area contributed by atoms with Gasteiger partial charge in [0.1, 0.15) is 13.2 Å². The van der Waals surface area contributed by atoms with Crippen molar-refractivity contribution in [3.63, 3.8) is 0 Å². The normalized spacial score (nSPS) is 23.4. The standard InChI is InChI=1S/C23H34N4O3/c28-22(18-26-12-13-30-23(26)29)27(15-19-6-4-10-24-14-19)17-20-7-5-11-25(16-20)21-8-2-1-3-9-21/h4,6,10,14,20-21H,1-3,5,7-9,11-13,15-18H2/t20-/m1/s1. The van der Waals surface area contributed by atoms with Gasteiger partial charge in [0, 0.05) is 38.1 Å². The molecule has 3 heterocycles. The number of hydrogen-bond acceptors (Lipinski definition) is 5. The number of hydrogen-bond donors (Lipinski definition) is 0. The van der Waals surface area contributed by atoms with Crippen molar-refractivity contribution in [2.75, 3.05) is 39.3 Å². The maximum absolute atomic E-state index is 13.1. The Kier molecular flexibility index (Phi) is 7.20. The van der Waals surface area contributed by atoms with Gasteiger partial charge in [-0.15, -0.1) is 0 Å². The molecule has 0 unspecified atom stereocenters. The van der Waals surface area contributed by atoms with Crippen molar-refractivity contribution in [2.24, 2.45) is 5.92 Å². The van der Waals surface area contributed by atoms with Crippen LogP contribution in [0.3, 0.4) is 0 Å². The predicted octanol–water partition coefficient (Wildman–Crippen LogP) is 2.91. The summed E-state index contributed by atoms with van der Waals surface area (Å²) in [5.74, 6) is 0.472. The van der Waals surface area contributed by atoms with Crippen LogP contribution in [0.15, 0.2) is 24.5 Å². The van der Waals surface area contributed by atoms with Gasteiger partial charge in [-0.05, 0) is 49.8 Å². The lowest BCUT2D eigenvalue weighted by Crippen LogP contribution is -2.48. The summed E-state index contributed by atoms with van der Waals surface area (Å²) in [6, 6.07) is 4.64. The maximum Gasteiger partial charge on any atom is 0.410 e. The van der Waals surface area contributed by atoms with Gasteiger partial charge in [0.15, 0.2) is 0 Å². The molecule has 164 valence electrons. The van der Waals surface area contributed by atoms with E-state index in [4.69, 9.17) is 4.74 Å². The van der Waals surface area contributed by atoms with Crippen LogP contribution in [0.4, 0.5) is 4.79 Å². The Morgan fingerprint density at radius 3 is 2.77 bits per heavy atom. The minimum Gasteiger partial charge on any atom is -0.448 e. The summed E-state index contributed by atoms with van der Waals surface area (Å²) in [5.41, 5.74) is 1.02. The highest BCUT2D eigenvalue weighted by Gasteiger charge is 2.31. The Balaban J connectivity index is 1.40. The van der Waals surface area contributed by atoms with Crippen molar-refractivity contribution in [2.45, 2.75) is 57.5 Å². The van der Waals surface area contributed by atoms with Crippen molar-refractivity contribution in [3.8, 4) is 0 Å². The fourth-order valence-electron chi connectivity index (χ4n) is 5.13. The number of carbonyl (C=O) groups excluding carboxylic acids is 2. The first kappa shape index (κ1) is 21.1. The van der Waals surface area contributed by atoms with Crippen LogP contribution >= 0.6 is 0 Å². The zero-order valence-electron chi connectivity index (χ0n) is 17.9. The van der Waals surface area contributed by atoms with Crippen LogP contribution < -0.4 is 0 Å². The number of cyclic esters (lactones) is 1. The summed E-state index contributed by atoms with van der Waals surface area (Å²) in [4.78, 5) is 35.3. The lowest BCUT2D eigenvalue weighted by atomic mass is 9.90. The number of ether oxygens (including phenoxy) is 1. The topological polar surface area (TPSA) is 66.0 Å². The van der Waals surface area contributed by atoms with Crippen molar-refractivity contribution in [1.82, 2.24) is 19.7 Å². The highest BCUT2D eigenvalue weighted by Crippen LogP contribution is 2.27. The molecule has 4 rings (SSSR count). The number of nitrogens with zero attached hydrogens (tertiary/aromatic N) is 4. The number of rotatable bonds is 7. The van der Waals surface area contributed by atoms with Crippen molar-refractivity contribution in [1.29, 1.82) is 0 Å². The SMILES string of the molecule is O=C(CN1CCOC1=O)N(Cc1cccnc1)C[C@@H]1CCCN(C2CCCCC2)C1. The number of pyridine rings is 1. The molecule has 0 radical (unpaired) electrons. The molecule has 1 saturated carbocycles. The van der Waals surface area contributed by atoms with Crippen LogP contribution in [0.1, 0.15) is 50.5 Å². The maximum atomic E-state index is 13.1. The van der Waals surface area contributed by atoms with Crippen LogP contribution in [-0.2, 0) is 16.1 Å². The molecule has 0 bridgehead atoms. The van der Waals surface area contributed by atoms with E-state index in [2.05, 4.69) is 9.88 Å². The van der Waals surface area contributed by atoms with Crippen LogP contribution in [0.5, 0.6) is 0 Å². The Bertz CT molecular complexity index is 708. The zero-order valence-corrected chi connectivity index (χ0v) is 17.9. The van der Waals surface area contributed by atoms with Gasteiger partial charge in [0.05, 0.1) is 6.54 Å². The van der Waals surface area contributed by atoms with Gasteiger partial charge in [0.2, 0.25) is 5.91 Å². The molecule has 1 aromatic heterocycles. The summed E-state index contributed by atoms with van der Waals surface area (Å²) in [6.07, 6.45) is 12.3. The second-order valence-electron chi connectivity index (χ2n) is 8.97. The highest BCUT2D eigenvalue weighted by molar-refractivity contribution is 5.82. The fourth-order valence-corrected chi connectivity index (χ4v) is 5.13. The number of piperidine rings is 1. The third-order valence-corrected chi connectivity index (χ3v) is 6.74. The first-order valence-electron chi connectivity index (χ1n) is 11.5. The molecule has 30 heavy (non-hydrogen) atoms. The Labute approximate surface area is 179 Å². The molecule has 1 aromatic rings. The van der Waals surface area contributed by atoms with Crippen molar-refractivity contribution < 1.29 is 14.3 Å². The Hall–Kier alpha value is -2.15.